The van der Waals surface area contributed by atoms with Gasteiger partial charge in [0, 0.05) is 11.6 Å². The molecule has 3 atom stereocenters. The molecule has 3 N–H and O–H groups in total. The van der Waals surface area contributed by atoms with Crippen LogP contribution in [-0.4, -0.2) is 19.1 Å². The smallest absolute Gasteiger partial charge is 0.248 e. The molecule has 0 radical (unpaired) electrons. The highest BCUT2D eigenvalue weighted by Crippen LogP contribution is 2.34. The number of anilines is 1. The fraction of sp³-hybridized carbons (Fsp3) is 0.562. The zero-order valence-electron chi connectivity index (χ0n) is 12.5. The van der Waals surface area contributed by atoms with Crippen molar-refractivity contribution in [3.63, 3.8) is 0 Å². The van der Waals surface area contributed by atoms with Gasteiger partial charge in [-0.05, 0) is 36.5 Å². The Balaban J connectivity index is 2.22. The van der Waals surface area contributed by atoms with E-state index in [2.05, 4.69) is 19.2 Å². The number of hydrogen-bond donors (Lipinski definition) is 2. The first-order valence-electron chi connectivity index (χ1n) is 7.27. The van der Waals surface area contributed by atoms with E-state index < -0.39 is 5.91 Å². The number of nitrogens with two attached hydrogens (primary N) is 1. The SMILES string of the molecule is COc1ccc(C(N)=O)cc1NC1CCCC(C)C1C. The molecule has 0 aliphatic heterocycles. The summed E-state index contributed by atoms with van der Waals surface area (Å²) in [5, 5.41) is 3.54. The number of rotatable bonds is 4. The van der Waals surface area contributed by atoms with E-state index in [0.717, 1.165) is 17.9 Å². The second-order valence-electron chi connectivity index (χ2n) is 5.80. The van der Waals surface area contributed by atoms with E-state index in [9.17, 15) is 4.79 Å². The fourth-order valence-electron chi connectivity index (χ4n) is 2.96. The second kappa shape index (κ2) is 6.16. The quantitative estimate of drug-likeness (QED) is 0.888. The van der Waals surface area contributed by atoms with Crippen molar-refractivity contribution in [2.45, 2.75) is 39.2 Å². The van der Waals surface area contributed by atoms with Crippen LogP contribution in [0, 0.1) is 11.8 Å². The number of carbonyl (C=O) groups excluding carboxylic acids is 1. The van der Waals surface area contributed by atoms with Crippen LogP contribution in [0.5, 0.6) is 5.75 Å². The predicted molar refractivity (Wildman–Crippen MR) is 81.1 cm³/mol. The van der Waals surface area contributed by atoms with Crippen LogP contribution in [-0.2, 0) is 0 Å². The normalized spacial score (nSPS) is 26.1. The molecule has 1 fully saturated rings. The molecule has 1 aromatic rings. The van der Waals surface area contributed by atoms with Gasteiger partial charge in [-0.2, -0.15) is 0 Å². The van der Waals surface area contributed by atoms with Gasteiger partial charge in [0.05, 0.1) is 12.8 Å². The summed E-state index contributed by atoms with van der Waals surface area (Å²) in [5.41, 5.74) is 6.71. The third-order valence-electron chi connectivity index (χ3n) is 4.53. The lowest BCUT2D eigenvalue weighted by molar-refractivity contribution is 0.100. The van der Waals surface area contributed by atoms with Gasteiger partial charge in [0.1, 0.15) is 5.75 Å². The van der Waals surface area contributed by atoms with Gasteiger partial charge in [-0.1, -0.05) is 26.7 Å². The van der Waals surface area contributed by atoms with Crippen molar-refractivity contribution in [3.8, 4) is 5.75 Å². The van der Waals surface area contributed by atoms with Crippen LogP contribution in [0.25, 0.3) is 0 Å². The van der Waals surface area contributed by atoms with Gasteiger partial charge >= 0.3 is 0 Å². The molecule has 110 valence electrons. The highest BCUT2D eigenvalue weighted by Gasteiger charge is 2.27. The Kier molecular flexibility index (Phi) is 4.53. The number of primary amides is 1. The van der Waals surface area contributed by atoms with E-state index in [-0.39, 0.29) is 0 Å². The maximum Gasteiger partial charge on any atom is 0.248 e. The average molecular weight is 276 g/mol. The highest BCUT2D eigenvalue weighted by molar-refractivity contribution is 5.94. The van der Waals surface area contributed by atoms with E-state index in [4.69, 9.17) is 10.5 Å². The maximum atomic E-state index is 11.3. The molecule has 1 amide bonds. The van der Waals surface area contributed by atoms with Gasteiger partial charge in [0.25, 0.3) is 0 Å². The minimum atomic E-state index is -0.416. The van der Waals surface area contributed by atoms with Crippen LogP contribution >= 0.6 is 0 Å². The second-order valence-corrected chi connectivity index (χ2v) is 5.80. The van der Waals surface area contributed by atoms with Crippen molar-refractivity contribution in [2.75, 3.05) is 12.4 Å². The summed E-state index contributed by atoms with van der Waals surface area (Å²) in [6.07, 6.45) is 3.67. The lowest BCUT2D eigenvalue weighted by Crippen LogP contribution is -2.35. The van der Waals surface area contributed by atoms with Crippen molar-refractivity contribution in [3.05, 3.63) is 23.8 Å². The number of nitrogens with one attached hydrogen (secondary N) is 1. The minimum Gasteiger partial charge on any atom is -0.495 e. The summed E-state index contributed by atoms with van der Waals surface area (Å²) < 4.78 is 5.37. The van der Waals surface area contributed by atoms with Crippen LogP contribution in [0.3, 0.4) is 0 Å². The summed E-state index contributed by atoms with van der Waals surface area (Å²) in [5.74, 6) is 1.65. The summed E-state index contributed by atoms with van der Waals surface area (Å²) in [6.45, 7) is 4.58. The van der Waals surface area contributed by atoms with Crippen LogP contribution in [0.4, 0.5) is 5.69 Å². The van der Waals surface area contributed by atoms with Crippen LogP contribution in [0.1, 0.15) is 43.5 Å². The summed E-state index contributed by atoms with van der Waals surface area (Å²) >= 11 is 0. The summed E-state index contributed by atoms with van der Waals surface area (Å²) in [4.78, 5) is 11.3. The van der Waals surface area contributed by atoms with Crippen molar-refractivity contribution in [1.29, 1.82) is 0 Å². The Labute approximate surface area is 120 Å². The standard InChI is InChI=1S/C16H24N2O2/c1-10-5-4-6-13(11(10)2)18-14-9-12(16(17)19)7-8-15(14)20-3/h7-11,13,18H,4-6H2,1-3H3,(H2,17,19). The topological polar surface area (TPSA) is 64.3 Å². The van der Waals surface area contributed by atoms with Gasteiger partial charge in [0.15, 0.2) is 0 Å². The van der Waals surface area contributed by atoms with E-state index in [1.807, 2.05) is 0 Å². The molecule has 3 unspecified atom stereocenters. The van der Waals surface area contributed by atoms with Crippen LogP contribution in [0.15, 0.2) is 18.2 Å². The van der Waals surface area contributed by atoms with E-state index >= 15 is 0 Å². The van der Waals surface area contributed by atoms with Crippen LogP contribution in [0.2, 0.25) is 0 Å². The first-order valence-corrected chi connectivity index (χ1v) is 7.27. The molecule has 1 aliphatic rings. The zero-order valence-corrected chi connectivity index (χ0v) is 12.5. The summed E-state index contributed by atoms with van der Waals surface area (Å²) in [6, 6.07) is 5.68. The molecule has 1 aromatic carbocycles. The molecule has 4 heteroatoms. The van der Waals surface area contributed by atoms with Crippen molar-refractivity contribution in [2.24, 2.45) is 17.6 Å². The average Bonchev–Trinajstić information content (AvgIpc) is 2.43. The Morgan fingerprint density at radius 1 is 1.35 bits per heavy atom. The van der Waals surface area contributed by atoms with Gasteiger partial charge in [-0.3, -0.25) is 4.79 Å². The fourth-order valence-corrected chi connectivity index (χ4v) is 2.96. The molecule has 1 saturated carbocycles. The molecule has 2 rings (SSSR count). The lowest BCUT2D eigenvalue weighted by atomic mass is 9.78. The monoisotopic (exact) mass is 276 g/mol. The van der Waals surface area contributed by atoms with Crippen LogP contribution < -0.4 is 15.8 Å². The third kappa shape index (κ3) is 3.06. The Bertz CT molecular complexity index is 487. The zero-order chi connectivity index (χ0) is 14.7. The van der Waals surface area contributed by atoms with Crippen molar-refractivity contribution < 1.29 is 9.53 Å². The number of benzene rings is 1. The highest BCUT2D eigenvalue weighted by atomic mass is 16.5. The Hall–Kier alpha value is -1.71. The first kappa shape index (κ1) is 14.7. The van der Waals surface area contributed by atoms with Gasteiger partial charge in [-0.15, -0.1) is 0 Å². The van der Waals surface area contributed by atoms with E-state index in [1.165, 1.54) is 12.8 Å². The minimum absolute atomic E-state index is 0.413. The van der Waals surface area contributed by atoms with Gasteiger partial charge < -0.3 is 15.8 Å². The largest absolute Gasteiger partial charge is 0.495 e. The van der Waals surface area contributed by atoms with E-state index in [1.54, 1.807) is 25.3 Å². The molecule has 4 nitrogen and oxygen atoms in total. The molecular weight excluding hydrogens is 252 g/mol. The molecular formula is C16H24N2O2. The van der Waals surface area contributed by atoms with Gasteiger partial charge in [0.2, 0.25) is 5.91 Å². The van der Waals surface area contributed by atoms with Gasteiger partial charge in [-0.25, -0.2) is 0 Å². The molecule has 20 heavy (non-hydrogen) atoms. The number of methoxy groups -OCH3 is 1. The number of ether oxygens (including phenoxy) is 1. The molecule has 0 saturated heterocycles. The maximum absolute atomic E-state index is 11.3. The third-order valence-corrected chi connectivity index (χ3v) is 4.53. The number of hydrogen-bond acceptors (Lipinski definition) is 3. The number of amides is 1. The Morgan fingerprint density at radius 3 is 2.75 bits per heavy atom. The first-order chi connectivity index (χ1) is 9.52. The predicted octanol–water partition coefficient (Wildman–Crippen LogP) is 3.03. The lowest BCUT2D eigenvalue weighted by Gasteiger charge is -2.35. The van der Waals surface area contributed by atoms with Crippen molar-refractivity contribution in [1.82, 2.24) is 0 Å². The molecule has 0 aromatic heterocycles. The molecule has 1 aliphatic carbocycles. The summed E-state index contributed by atoms with van der Waals surface area (Å²) in [7, 11) is 1.64. The number of carbonyl (C=O) groups is 1. The van der Waals surface area contributed by atoms with E-state index in [0.29, 0.717) is 23.4 Å². The molecule has 0 heterocycles. The Morgan fingerprint density at radius 2 is 2.10 bits per heavy atom. The van der Waals surface area contributed by atoms with Crippen molar-refractivity contribution >= 4 is 11.6 Å². The molecule has 0 spiro atoms. The molecule has 0 bridgehead atoms.